The van der Waals surface area contributed by atoms with Gasteiger partial charge in [-0.15, -0.1) is 0 Å². The highest BCUT2D eigenvalue weighted by atomic mass is 15.1. The summed E-state index contributed by atoms with van der Waals surface area (Å²) in [5.41, 5.74) is -2.16. The first-order valence-corrected chi connectivity index (χ1v) is 15.6. The minimum absolute atomic E-state index is 0.0135. The quantitative estimate of drug-likeness (QED) is 0.181. The lowest BCUT2D eigenvalue weighted by Gasteiger charge is -2.16. The lowest BCUT2D eigenvalue weighted by Crippen LogP contribution is -2.05. The highest BCUT2D eigenvalue weighted by molar-refractivity contribution is 6.10. The molecular formula is C46H28N6. The minimum Gasteiger partial charge on any atom is -0.309 e. The second-order valence-electron chi connectivity index (χ2n) is 11.3. The molecule has 0 spiro atoms. The third kappa shape index (κ3) is 4.61. The Morgan fingerprint density at radius 1 is 0.462 bits per heavy atom. The van der Waals surface area contributed by atoms with Crippen molar-refractivity contribution in [2.75, 3.05) is 0 Å². The normalized spacial score (nSPS) is 16.8. The Balaban J connectivity index is 1.38. The molecule has 0 bridgehead atoms. The van der Waals surface area contributed by atoms with Crippen molar-refractivity contribution in [2.24, 2.45) is 0 Å². The van der Waals surface area contributed by atoms with Crippen molar-refractivity contribution in [1.82, 2.24) is 24.1 Å². The van der Waals surface area contributed by atoms with E-state index in [1.54, 1.807) is 6.07 Å². The maximum atomic E-state index is 10.1. The predicted molar refractivity (Wildman–Crippen MR) is 210 cm³/mol. The van der Waals surface area contributed by atoms with Crippen molar-refractivity contribution in [1.29, 1.82) is 5.26 Å². The number of rotatable bonds is 5. The fraction of sp³-hybridized carbons (Fsp3) is 0. The van der Waals surface area contributed by atoms with Crippen molar-refractivity contribution in [3.8, 4) is 51.6 Å². The second kappa shape index (κ2) is 11.9. The third-order valence-electron chi connectivity index (χ3n) is 8.43. The Kier molecular flexibility index (Phi) is 3.59. The molecule has 242 valence electrons. The SMILES string of the molecule is [2H]c1c([2H])c(C#N)c([2H])c(-c2nc(-c3ccccc3-n3c4c([2H])c([2H])c([2H])c([2H])c4c4c([2H])c([2H])c([2H])c([2H])c43)nc(-c3ccccc3-n3c4c([2H])c([2H])c([2H])c([2H])c4c4c([2H])c([2H])c([2H])c([2H])c43)n2)c1[2H]. The molecule has 0 aliphatic heterocycles. The summed E-state index contributed by atoms with van der Waals surface area (Å²) >= 11 is 0. The summed E-state index contributed by atoms with van der Waals surface area (Å²) in [5.74, 6) is -1.18. The van der Waals surface area contributed by atoms with Crippen LogP contribution < -0.4 is 0 Å². The van der Waals surface area contributed by atoms with E-state index in [1.807, 2.05) is 0 Å². The zero-order chi connectivity index (χ0) is 52.0. The molecule has 6 nitrogen and oxygen atoms in total. The summed E-state index contributed by atoms with van der Waals surface area (Å²) in [5, 5.41) is 9.17. The van der Waals surface area contributed by atoms with Gasteiger partial charge in [-0.05, 0) is 60.5 Å². The molecular weight excluding hydrogens is 637 g/mol. The van der Waals surface area contributed by atoms with E-state index in [-0.39, 0.29) is 77.8 Å². The standard InChI is InChI=1S/C46H28N6/c47-29-30-14-13-15-31(28-30)44-48-45(36-20-5-11-26-42(36)51-38-22-7-1-16-32(38)33-17-2-8-23-39(33)51)50-46(49-44)37-21-6-12-27-43(37)52-40-24-9-3-18-34(40)35-19-4-10-25-41(35)52/h1-28H/i1D,2D,3D,4D,7D,8D,9D,10D,13D,14D,15D,16D,17D,18D,19D,22D,23D,24D,25D,28D. The average molecular weight is 685 g/mol. The van der Waals surface area contributed by atoms with E-state index in [0.29, 0.717) is 0 Å². The van der Waals surface area contributed by atoms with Crippen LogP contribution >= 0.6 is 0 Å². The van der Waals surface area contributed by atoms with Gasteiger partial charge in [0.25, 0.3) is 0 Å². The van der Waals surface area contributed by atoms with Crippen LogP contribution in [0.3, 0.4) is 0 Å². The van der Waals surface area contributed by atoms with Crippen molar-refractivity contribution >= 4 is 43.6 Å². The summed E-state index contributed by atoms with van der Waals surface area (Å²) in [6, 6.07) is 0.512. The molecule has 0 saturated carbocycles. The van der Waals surface area contributed by atoms with E-state index in [4.69, 9.17) is 32.4 Å². The number of benzene rings is 7. The number of nitrogens with zero attached hydrogens (tertiary/aromatic N) is 6. The van der Waals surface area contributed by atoms with Crippen molar-refractivity contribution in [3.05, 3.63) is 175 Å². The summed E-state index contributed by atoms with van der Waals surface area (Å²) in [6.07, 6.45) is 0. The maximum Gasteiger partial charge on any atom is 0.166 e. The van der Waals surface area contributed by atoms with Gasteiger partial charge in [-0.3, -0.25) is 0 Å². The Morgan fingerprint density at radius 2 is 0.865 bits per heavy atom. The molecule has 10 aromatic rings. The van der Waals surface area contributed by atoms with Crippen LogP contribution in [0, 0.1) is 11.3 Å². The second-order valence-corrected chi connectivity index (χ2v) is 11.3. The van der Waals surface area contributed by atoms with E-state index >= 15 is 0 Å². The number of fused-ring (bicyclic) bond motifs is 6. The molecule has 0 aliphatic carbocycles. The van der Waals surface area contributed by atoms with E-state index in [0.717, 1.165) is 0 Å². The van der Waals surface area contributed by atoms with Crippen LogP contribution in [0.5, 0.6) is 0 Å². The highest BCUT2D eigenvalue weighted by Gasteiger charge is 2.21. The molecule has 0 atom stereocenters. The first-order chi connectivity index (χ1) is 34.1. The van der Waals surface area contributed by atoms with Gasteiger partial charge in [0.15, 0.2) is 17.5 Å². The van der Waals surface area contributed by atoms with E-state index in [1.165, 1.54) is 57.7 Å². The van der Waals surface area contributed by atoms with Crippen LogP contribution in [0.1, 0.15) is 33.0 Å². The van der Waals surface area contributed by atoms with Gasteiger partial charge in [-0.25, -0.2) is 15.0 Å². The molecule has 7 aromatic carbocycles. The lowest BCUT2D eigenvalue weighted by molar-refractivity contribution is 1.06. The van der Waals surface area contributed by atoms with Crippen molar-refractivity contribution in [3.63, 3.8) is 0 Å². The Hall–Kier alpha value is -7.36. The van der Waals surface area contributed by atoms with Gasteiger partial charge < -0.3 is 9.13 Å². The summed E-state index contributed by atoms with van der Waals surface area (Å²) in [4.78, 5) is 14.2. The lowest BCUT2D eigenvalue weighted by atomic mass is 10.1. The van der Waals surface area contributed by atoms with E-state index in [9.17, 15) is 5.26 Å². The van der Waals surface area contributed by atoms with E-state index < -0.39 is 138 Å². The largest absolute Gasteiger partial charge is 0.309 e. The number of hydrogen-bond donors (Lipinski definition) is 0. The zero-order valence-electron chi connectivity index (χ0n) is 46.3. The smallest absolute Gasteiger partial charge is 0.166 e. The van der Waals surface area contributed by atoms with Gasteiger partial charge >= 0.3 is 0 Å². The molecule has 3 aromatic heterocycles. The molecule has 0 fully saturated rings. The first kappa shape index (κ1) is 15.7. The number of hydrogen-bond acceptors (Lipinski definition) is 4. The van der Waals surface area contributed by atoms with Crippen LogP contribution in [0.2, 0.25) is 0 Å². The average Bonchev–Trinajstić information content (AvgIpc) is 3.93. The molecule has 52 heavy (non-hydrogen) atoms. The molecule has 0 saturated heterocycles. The molecule has 0 radical (unpaired) electrons. The topological polar surface area (TPSA) is 72.3 Å². The van der Waals surface area contributed by atoms with Gasteiger partial charge in [-0.1, -0.05) is 109 Å². The molecule has 6 heteroatoms. The van der Waals surface area contributed by atoms with Gasteiger partial charge in [0.05, 0.1) is 72.5 Å². The summed E-state index contributed by atoms with van der Waals surface area (Å²) < 4.78 is 179. The molecule has 10 rings (SSSR count). The maximum absolute atomic E-state index is 10.1. The fourth-order valence-corrected chi connectivity index (χ4v) is 6.28. The fourth-order valence-electron chi connectivity index (χ4n) is 6.28. The predicted octanol–water partition coefficient (Wildman–Crippen LogP) is 10.9. The van der Waals surface area contributed by atoms with Gasteiger partial charge in [0.1, 0.15) is 0 Å². The van der Waals surface area contributed by atoms with E-state index in [2.05, 4.69) is 9.97 Å². The molecule has 0 amide bonds. The Bertz CT molecular complexity index is 3820. The number of nitriles is 1. The first-order valence-electron chi connectivity index (χ1n) is 25.6. The Morgan fingerprint density at radius 3 is 1.31 bits per heavy atom. The third-order valence-corrected chi connectivity index (χ3v) is 8.43. The van der Waals surface area contributed by atoms with Crippen LogP contribution in [0.25, 0.3) is 89.2 Å². The number of para-hydroxylation sites is 6. The van der Waals surface area contributed by atoms with Crippen LogP contribution in [0.15, 0.2) is 169 Å². The van der Waals surface area contributed by atoms with Crippen LogP contribution in [-0.2, 0) is 0 Å². The van der Waals surface area contributed by atoms with Gasteiger partial charge in [0.2, 0.25) is 0 Å². The highest BCUT2D eigenvalue weighted by Crippen LogP contribution is 2.38. The Labute approximate surface area is 327 Å². The molecule has 0 unspecified atom stereocenters. The molecule has 0 N–H and O–H groups in total. The minimum atomic E-state index is -0.760. The van der Waals surface area contributed by atoms with Crippen molar-refractivity contribution < 1.29 is 27.4 Å². The molecule has 3 heterocycles. The van der Waals surface area contributed by atoms with Crippen LogP contribution in [0.4, 0.5) is 0 Å². The van der Waals surface area contributed by atoms with Gasteiger partial charge in [0, 0.05) is 38.2 Å². The van der Waals surface area contributed by atoms with Gasteiger partial charge in [-0.2, -0.15) is 5.26 Å². The monoisotopic (exact) mass is 684 g/mol. The van der Waals surface area contributed by atoms with Crippen molar-refractivity contribution in [2.45, 2.75) is 0 Å². The number of aromatic nitrogens is 5. The van der Waals surface area contributed by atoms with Crippen LogP contribution in [-0.4, -0.2) is 24.1 Å². The molecule has 0 aliphatic rings. The summed E-state index contributed by atoms with van der Waals surface area (Å²) in [6.45, 7) is 0. The summed E-state index contributed by atoms with van der Waals surface area (Å²) in [7, 11) is 0. The zero-order valence-corrected chi connectivity index (χ0v) is 26.3.